The molecule has 0 aromatic rings. The van der Waals surface area contributed by atoms with Crippen LogP contribution < -0.4 is 10.6 Å². The van der Waals surface area contributed by atoms with E-state index in [4.69, 9.17) is 18.9 Å². The van der Waals surface area contributed by atoms with Gasteiger partial charge >= 0.3 is 0 Å². The number of hydrogen-bond donors (Lipinski definition) is 2. The minimum absolute atomic E-state index is 0. The molecule has 1 rings (SSSR count). The number of halogens is 1. The molecule has 1 unspecified atom stereocenters. The predicted molar refractivity (Wildman–Crippen MR) is 111 cm³/mol. The molecule has 0 aromatic heterocycles. The van der Waals surface area contributed by atoms with Crippen LogP contribution in [0, 0.1) is 0 Å². The van der Waals surface area contributed by atoms with Gasteiger partial charge in [0.15, 0.2) is 5.96 Å². The molecule has 8 heteroatoms. The van der Waals surface area contributed by atoms with Crippen molar-refractivity contribution < 1.29 is 18.9 Å². The Bertz CT molecular complexity index is 316. The van der Waals surface area contributed by atoms with E-state index in [1.165, 1.54) is 0 Å². The Morgan fingerprint density at radius 3 is 2.68 bits per heavy atom. The van der Waals surface area contributed by atoms with E-state index in [2.05, 4.69) is 22.5 Å². The normalized spacial score (nSPS) is 17.4. The molecule has 0 aromatic carbocycles. The summed E-state index contributed by atoms with van der Waals surface area (Å²) >= 11 is 0. The molecule has 1 fully saturated rings. The van der Waals surface area contributed by atoms with Gasteiger partial charge in [0.1, 0.15) is 0 Å². The summed E-state index contributed by atoms with van der Waals surface area (Å²) in [5.41, 5.74) is 0. The number of rotatable bonds is 14. The first-order valence-corrected chi connectivity index (χ1v) is 9.15. The van der Waals surface area contributed by atoms with Gasteiger partial charge in [-0.15, -0.1) is 24.0 Å². The van der Waals surface area contributed by atoms with Crippen molar-refractivity contribution >= 4 is 29.9 Å². The number of nitrogens with zero attached hydrogens (tertiary/aromatic N) is 1. The molecule has 150 valence electrons. The zero-order valence-electron chi connectivity index (χ0n) is 15.8. The fourth-order valence-corrected chi connectivity index (χ4v) is 2.32. The van der Waals surface area contributed by atoms with E-state index in [1.807, 2.05) is 0 Å². The fourth-order valence-electron chi connectivity index (χ4n) is 2.32. The van der Waals surface area contributed by atoms with E-state index >= 15 is 0 Å². The molecular weight excluding hydrogens is 437 g/mol. The van der Waals surface area contributed by atoms with Crippen molar-refractivity contribution in [1.82, 2.24) is 10.6 Å². The zero-order valence-corrected chi connectivity index (χ0v) is 18.1. The second-order valence-electron chi connectivity index (χ2n) is 5.71. The van der Waals surface area contributed by atoms with Crippen LogP contribution in [0.5, 0.6) is 0 Å². The second-order valence-corrected chi connectivity index (χ2v) is 5.71. The van der Waals surface area contributed by atoms with Crippen LogP contribution in [0.1, 0.15) is 32.6 Å². The summed E-state index contributed by atoms with van der Waals surface area (Å²) in [6.45, 7) is 8.87. The van der Waals surface area contributed by atoms with Crippen LogP contribution >= 0.6 is 24.0 Å². The molecule has 1 saturated heterocycles. The molecule has 0 radical (unpaired) electrons. The van der Waals surface area contributed by atoms with Crippen molar-refractivity contribution in [3.63, 3.8) is 0 Å². The molecule has 0 spiro atoms. The van der Waals surface area contributed by atoms with Crippen LogP contribution in [0.2, 0.25) is 0 Å². The average Bonchev–Trinajstić information content (AvgIpc) is 3.10. The standard InChI is InChI=1S/C17H35N3O4.HI/c1-3-18-17(19-8-5-10-22-14-13-21-2)20-9-6-11-23-15-16-7-4-12-24-16;/h16H,3-15H2,1-2H3,(H2,18,19,20);1H. The third-order valence-electron chi connectivity index (χ3n) is 3.58. The third-order valence-corrected chi connectivity index (χ3v) is 3.58. The number of guanidine groups is 1. The smallest absolute Gasteiger partial charge is 0.191 e. The van der Waals surface area contributed by atoms with Gasteiger partial charge in [0.2, 0.25) is 0 Å². The highest BCUT2D eigenvalue weighted by molar-refractivity contribution is 14.0. The highest BCUT2D eigenvalue weighted by Crippen LogP contribution is 2.11. The Labute approximate surface area is 169 Å². The van der Waals surface area contributed by atoms with Crippen LogP contribution in [0.15, 0.2) is 4.99 Å². The van der Waals surface area contributed by atoms with Crippen LogP contribution in [0.3, 0.4) is 0 Å². The number of aliphatic imine (C=N–C) groups is 1. The maximum absolute atomic E-state index is 5.64. The Morgan fingerprint density at radius 2 is 1.96 bits per heavy atom. The van der Waals surface area contributed by atoms with E-state index in [0.29, 0.717) is 25.9 Å². The number of methoxy groups -OCH3 is 1. The van der Waals surface area contributed by atoms with E-state index in [1.54, 1.807) is 7.11 Å². The number of hydrogen-bond acceptors (Lipinski definition) is 5. The highest BCUT2D eigenvalue weighted by atomic mass is 127. The SMILES string of the molecule is CCNC(=NCCCOCC1CCCO1)NCCCOCCOC.I. The van der Waals surface area contributed by atoms with Gasteiger partial charge in [0.05, 0.1) is 25.9 Å². The molecule has 1 atom stereocenters. The molecule has 2 N–H and O–H groups in total. The molecule has 0 saturated carbocycles. The van der Waals surface area contributed by atoms with Crippen molar-refractivity contribution in [3.8, 4) is 0 Å². The molecule has 1 heterocycles. The van der Waals surface area contributed by atoms with E-state index < -0.39 is 0 Å². The summed E-state index contributed by atoms with van der Waals surface area (Å²) in [5.74, 6) is 0.855. The molecule has 0 aliphatic carbocycles. The molecule has 25 heavy (non-hydrogen) atoms. The summed E-state index contributed by atoms with van der Waals surface area (Å²) in [6, 6.07) is 0. The van der Waals surface area contributed by atoms with Gasteiger partial charge in [-0.3, -0.25) is 4.99 Å². The van der Waals surface area contributed by atoms with Crippen molar-refractivity contribution in [1.29, 1.82) is 0 Å². The number of ether oxygens (including phenoxy) is 4. The summed E-state index contributed by atoms with van der Waals surface area (Å²) in [7, 11) is 1.68. The Kier molecular flexibility index (Phi) is 18.5. The van der Waals surface area contributed by atoms with Crippen molar-refractivity contribution in [3.05, 3.63) is 0 Å². The monoisotopic (exact) mass is 473 g/mol. The van der Waals surface area contributed by atoms with Crippen LogP contribution in [0.4, 0.5) is 0 Å². The molecule has 7 nitrogen and oxygen atoms in total. The van der Waals surface area contributed by atoms with Crippen LogP contribution in [0.25, 0.3) is 0 Å². The van der Waals surface area contributed by atoms with Gasteiger partial charge < -0.3 is 29.6 Å². The molecule has 1 aliphatic rings. The Balaban J connectivity index is 0.00000576. The first kappa shape index (κ1) is 24.8. The minimum Gasteiger partial charge on any atom is -0.382 e. The second kappa shape index (κ2) is 18.6. The molecule has 0 amide bonds. The Hall–Kier alpha value is -0.160. The first-order valence-electron chi connectivity index (χ1n) is 9.15. The van der Waals surface area contributed by atoms with Gasteiger partial charge in [-0.1, -0.05) is 0 Å². The minimum atomic E-state index is 0. The third kappa shape index (κ3) is 14.7. The lowest BCUT2D eigenvalue weighted by Gasteiger charge is -2.12. The van der Waals surface area contributed by atoms with Gasteiger partial charge in [0, 0.05) is 46.6 Å². The van der Waals surface area contributed by atoms with Crippen molar-refractivity contribution in [2.45, 2.75) is 38.7 Å². The maximum atomic E-state index is 5.64. The lowest BCUT2D eigenvalue weighted by Crippen LogP contribution is -2.38. The van der Waals surface area contributed by atoms with Gasteiger partial charge in [-0.2, -0.15) is 0 Å². The van der Waals surface area contributed by atoms with Gasteiger partial charge in [-0.05, 0) is 32.6 Å². The molecule has 1 aliphatic heterocycles. The number of nitrogens with one attached hydrogen (secondary N) is 2. The topological polar surface area (TPSA) is 73.3 Å². The van der Waals surface area contributed by atoms with E-state index in [9.17, 15) is 0 Å². The quantitative estimate of drug-likeness (QED) is 0.174. The lowest BCUT2D eigenvalue weighted by molar-refractivity contribution is 0.0171. The van der Waals surface area contributed by atoms with Crippen molar-refractivity contribution in [2.75, 3.05) is 66.4 Å². The van der Waals surface area contributed by atoms with E-state index in [0.717, 1.165) is 71.1 Å². The summed E-state index contributed by atoms with van der Waals surface area (Å²) in [6.07, 6.45) is 4.45. The average molecular weight is 473 g/mol. The van der Waals surface area contributed by atoms with Gasteiger partial charge in [-0.25, -0.2) is 0 Å². The molecular formula is C17H36IN3O4. The zero-order chi connectivity index (χ0) is 17.3. The fraction of sp³-hybridized carbons (Fsp3) is 0.941. The summed E-state index contributed by atoms with van der Waals surface area (Å²) in [5, 5.41) is 6.56. The van der Waals surface area contributed by atoms with Gasteiger partial charge in [0.25, 0.3) is 0 Å². The van der Waals surface area contributed by atoms with Crippen LogP contribution in [-0.4, -0.2) is 78.4 Å². The summed E-state index contributed by atoms with van der Waals surface area (Å²) < 4.78 is 21.5. The van der Waals surface area contributed by atoms with Crippen LogP contribution in [-0.2, 0) is 18.9 Å². The molecule has 0 bridgehead atoms. The first-order chi connectivity index (χ1) is 11.9. The largest absolute Gasteiger partial charge is 0.382 e. The maximum Gasteiger partial charge on any atom is 0.191 e. The Morgan fingerprint density at radius 1 is 1.12 bits per heavy atom. The highest BCUT2D eigenvalue weighted by Gasteiger charge is 2.14. The summed E-state index contributed by atoms with van der Waals surface area (Å²) in [4.78, 5) is 4.55. The van der Waals surface area contributed by atoms with Crippen molar-refractivity contribution in [2.24, 2.45) is 4.99 Å². The predicted octanol–water partition coefficient (Wildman–Crippen LogP) is 1.80. The van der Waals surface area contributed by atoms with E-state index in [-0.39, 0.29) is 24.0 Å². The lowest BCUT2D eigenvalue weighted by atomic mass is 10.2.